The van der Waals surface area contributed by atoms with Crippen LogP contribution in [0.15, 0.2) is 0 Å². The molecule has 0 aliphatic heterocycles. The van der Waals surface area contributed by atoms with Crippen LogP contribution in [0.4, 0.5) is 0 Å². The fourth-order valence-electron chi connectivity index (χ4n) is 2.87. The van der Waals surface area contributed by atoms with E-state index in [9.17, 15) is 24.6 Å². The molecule has 2 rings (SSSR count). The lowest BCUT2D eigenvalue weighted by atomic mass is 9.73. The summed E-state index contributed by atoms with van der Waals surface area (Å²) in [6.45, 7) is 1.44. The molecular formula is C7H14BO5P. The monoisotopic (exact) mass is 220 g/mol. The van der Waals surface area contributed by atoms with Gasteiger partial charge in [0, 0.05) is 0 Å². The fraction of sp³-hybridized carbons (Fsp3) is 1.00. The van der Waals surface area contributed by atoms with E-state index < -0.39 is 24.5 Å². The minimum atomic E-state index is -4.33. The zero-order chi connectivity index (χ0) is 10.9. The third-order valence-electron chi connectivity index (χ3n) is 4.12. The van der Waals surface area contributed by atoms with Crippen LogP contribution in [0, 0.1) is 5.92 Å². The molecule has 2 saturated carbocycles. The van der Waals surface area contributed by atoms with E-state index in [1.807, 2.05) is 0 Å². The second-order valence-corrected chi connectivity index (χ2v) is 6.68. The second kappa shape index (κ2) is 2.44. The fourth-order valence-corrected chi connectivity index (χ4v) is 4.54. The van der Waals surface area contributed by atoms with Gasteiger partial charge in [0.05, 0.1) is 11.7 Å². The van der Waals surface area contributed by atoms with E-state index in [0.717, 1.165) is 0 Å². The predicted molar refractivity (Wildman–Crippen MR) is 51.8 cm³/mol. The first kappa shape index (κ1) is 10.6. The van der Waals surface area contributed by atoms with Gasteiger partial charge in [0.2, 0.25) is 0 Å². The van der Waals surface area contributed by atoms with E-state index in [4.69, 9.17) is 0 Å². The Morgan fingerprint density at radius 1 is 1.50 bits per heavy atom. The highest BCUT2D eigenvalue weighted by atomic mass is 31.2. The summed E-state index contributed by atoms with van der Waals surface area (Å²) in [4.78, 5) is 18.4. The van der Waals surface area contributed by atoms with Crippen molar-refractivity contribution in [1.82, 2.24) is 0 Å². The van der Waals surface area contributed by atoms with Gasteiger partial charge in [0.25, 0.3) is 0 Å². The van der Waals surface area contributed by atoms with Crippen molar-refractivity contribution in [2.45, 2.75) is 36.0 Å². The molecule has 0 spiro atoms. The molecule has 0 heterocycles. The Bertz CT molecular complexity index is 326. The Hall–Kier alpha value is 0.135. The third-order valence-corrected chi connectivity index (χ3v) is 5.97. The van der Waals surface area contributed by atoms with Crippen LogP contribution >= 0.6 is 7.60 Å². The Morgan fingerprint density at radius 3 is 2.21 bits per heavy atom. The first-order valence-electron chi connectivity index (χ1n) is 4.62. The molecule has 7 heteroatoms. The largest absolute Gasteiger partial charge is 0.389 e. The average molecular weight is 220 g/mol. The summed E-state index contributed by atoms with van der Waals surface area (Å²) in [5.74, 6) is -0.529. The maximum absolute atomic E-state index is 11.3. The molecule has 0 aromatic carbocycles. The number of hydrogen-bond acceptors (Lipinski definition) is 3. The van der Waals surface area contributed by atoms with Crippen LogP contribution in [-0.2, 0) is 4.57 Å². The van der Waals surface area contributed by atoms with E-state index in [0.29, 0.717) is 6.42 Å². The molecule has 0 amide bonds. The number of aliphatic hydroxyl groups is 2. The van der Waals surface area contributed by atoms with Crippen molar-refractivity contribution in [3.63, 3.8) is 0 Å². The zero-order valence-electron chi connectivity index (χ0n) is 8.08. The van der Waals surface area contributed by atoms with Crippen LogP contribution in [0.5, 0.6) is 0 Å². The minimum absolute atomic E-state index is 0.256. The number of rotatable bonds is 1. The molecule has 2 aliphatic rings. The van der Waals surface area contributed by atoms with E-state index in [-0.39, 0.29) is 11.7 Å². The highest BCUT2D eigenvalue weighted by molar-refractivity contribution is 7.54. The number of hydrogen-bond donors (Lipinski definition) is 4. The lowest BCUT2D eigenvalue weighted by Crippen LogP contribution is -2.45. The Labute approximate surface area is 82.7 Å². The van der Waals surface area contributed by atoms with Gasteiger partial charge in [-0.3, -0.25) is 4.57 Å². The summed E-state index contributed by atoms with van der Waals surface area (Å²) < 4.78 is 11.3. The molecule has 0 saturated heterocycles. The van der Waals surface area contributed by atoms with Gasteiger partial charge in [-0.15, -0.1) is 0 Å². The van der Waals surface area contributed by atoms with Gasteiger partial charge in [0.15, 0.2) is 0 Å². The van der Waals surface area contributed by atoms with Crippen molar-refractivity contribution in [1.29, 1.82) is 0 Å². The van der Waals surface area contributed by atoms with Crippen molar-refractivity contribution in [2.24, 2.45) is 5.92 Å². The molecule has 2 aliphatic carbocycles. The molecule has 0 aromatic rings. The summed E-state index contributed by atoms with van der Waals surface area (Å²) in [6.07, 6.45) is -1.01. The van der Waals surface area contributed by atoms with Crippen LogP contribution in [0.1, 0.15) is 13.3 Å². The standard InChI is InChI=1S/C7H14BO5P/c1-6(10)4(8)3-2-7(3,5(6)9)14(11,12)13/h3-5,9-10H,2,8H2,1H3,(H2,11,12,13). The van der Waals surface area contributed by atoms with Crippen molar-refractivity contribution in [2.75, 3.05) is 0 Å². The van der Waals surface area contributed by atoms with Crippen molar-refractivity contribution >= 4 is 15.4 Å². The molecule has 5 unspecified atom stereocenters. The maximum Gasteiger partial charge on any atom is 0.334 e. The molecule has 0 radical (unpaired) electrons. The molecule has 0 aromatic heterocycles. The first-order chi connectivity index (χ1) is 6.15. The lowest BCUT2D eigenvalue weighted by Gasteiger charge is -2.32. The van der Waals surface area contributed by atoms with Gasteiger partial charge in [-0.2, -0.15) is 0 Å². The summed E-state index contributed by atoms with van der Waals surface area (Å²) in [5.41, 5.74) is -1.38. The summed E-state index contributed by atoms with van der Waals surface area (Å²) in [7, 11) is -2.61. The van der Waals surface area contributed by atoms with Gasteiger partial charge in [-0.05, 0) is 25.1 Å². The number of aliphatic hydroxyl groups excluding tert-OH is 1. The minimum Gasteiger partial charge on any atom is -0.389 e. The van der Waals surface area contributed by atoms with Crippen molar-refractivity contribution in [3.8, 4) is 0 Å². The van der Waals surface area contributed by atoms with Crippen LogP contribution in [0.25, 0.3) is 0 Å². The van der Waals surface area contributed by atoms with Crippen molar-refractivity contribution < 1.29 is 24.6 Å². The lowest BCUT2D eigenvalue weighted by molar-refractivity contribution is -0.0523. The Kier molecular flexibility index (Phi) is 1.86. The first-order valence-corrected chi connectivity index (χ1v) is 6.23. The molecule has 5 atom stereocenters. The molecular weight excluding hydrogens is 206 g/mol. The Morgan fingerprint density at radius 2 is 2.00 bits per heavy atom. The molecule has 14 heavy (non-hydrogen) atoms. The predicted octanol–water partition coefficient (Wildman–Crippen LogP) is -1.53. The molecule has 4 N–H and O–H groups in total. The third kappa shape index (κ3) is 0.934. The average Bonchev–Trinajstić information content (AvgIpc) is 2.71. The highest BCUT2D eigenvalue weighted by Gasteiger charge is 2.80. The molecule has 5 nitrogen and oxygen atoms in total. The van der Waals surface area contributed by atoms with Gasteiger partial charge in [-0.25, -0.2) is 0 Å². The van der Waals surface area contributed by atoms with E-state index in [1.54, 1.807) is 7.85 Å². The Balaban J connectivity index is 2.43. The topological polar surface area (TPSA) is 98.0 Å². The number of fused-ring (bicyclic) bond motifs is 1. The maximum atomic E-state index is 11.3. The van der Waals surface area contributed by atoms with Gasteiger partial charge < -0.3 is 20.0 Å². The van der Waals surface area contributed by atoms with E-state index >= 15 is 0 Å². The molecule has 80 valence electrons. The van der Waals surface area contributed by atoms with Crippen LogP contribution in [-0.4, -0.2) is 44.7 Å². The second-order valence-electron chi connectivity index (χ2n) is 4.76. The SMILES string of the molecule is BC1C2CC2(P(=O)(O)O)C(O)C1(C)O. The van der Waals surface area contributed by atoms with Crippen molar-refractivity contribution in [3.05, 3.63) is 0 Å². The zero-order valence-corrected chi connectivity index (χ0v) is 8.98. The normalized spacial score (nSPS) is 57.1. The van der Waals surface area contributed by atoms with Gasteiger partial charge in [0.1, 0.15) is 13.0 Å². The van der Waals surface area contributed by atoms with E-state index in [1.165, 1.54) is 6.92 Å². The summed E-state index contributed by atoms with van der Waals surface area (Å²) in [5, 5.41) is 18.3. The van der Waals surface area contributed by atoms with Gasteiger partial charge >= 0.3 is 7.60 Å². The highest BCUT2D eigenvalue weighted by Crippen LogP contribution is 2.79. The van der Waals surface area contributed by atoms with Gasteiger partial charge in [-0.1, -0.05) is 0 Å². The van der Waals surface area contributed by atoms with Crippen LogP contribution < -0.4 is 0 Å². The van der Waals surface area contributed by atoms with E-state index in [2.05, 4.69) is 0 Å². The quantitative estimate of drug-likeness (QED) is 0.317. The summed E-state index contributed by atoms with van der Waals surface area (Å²) >= 11 is 0. The smallest absolute Gasteiger partial charge is 0.334 e. The summed E-state index contributed by atoms with van der Waals surface area (Å²) in [6, 6.07) is 0. The molecule has 0 bridgehead atoms. The molecule has 2 fully saturated rings. The van der Waals surface area contributed by atoms with Crippen LogP contribution in [0.2, 0.25) is 5.82 Å². The van der Waals surface area contributed by atoms with Crippen LogP contribution in [0.3, 0.4) is 0 Å².